The molecule has 0 atom stereocenters. The van der Waals surface area contributed by atoms with Gasteiger partial charge in [-0.15, -0.1) is 12.4 Å². The van der Waals surface area contributed by atoms with Gasteiger partial charge >= 0.3 is 0 Å². The van der Waals surface area contributed by atoms with Gasteiger partial charge in [0.2, 0.25) is 11.8 Å². The molecule has 2 rings (SSSR count). The van der Waals surface area contributed by atoms with Crippen molar-refractivity contribution in [1.82, 2.24) is 20.4 Å². The summed E-state index contributed by atoms with van der Waals surface area (Å²) in [7, 11) is 1.80. The molecule has 1 saturated heterocycles. The number of nitrogens with zero attached hydrogens (tertiary/aromatic N) is 2. The van der Waals surface area contributed by atoms with E-state index >= 15 is 0 Å². The molecule has 1 aromatic carbocycles. The second-order valence-electron chi connectivity index (χ2n) is 6.07. The number of rotatable bonds is 6. The van der Waals surface area contributed by atoms with Crippen LogP contribution in [0.2, 0.25) is 0 Å². The molecule has 1 aromatic rings. The molecule has 0 radical (unpaired) electrons. The molecule has 0 aliphatic carbocycles. The van der Waals surface area contributed by atoms with Crippen LogP contribution in [0.3, 0.4) is 0 Å². The highest BCUT2D eigenvalue weighted by atomic mass is 35.5. The van der Waals surface area contributed by atoms with Crippen molar-refractivity contribution in [3.05, 3.63) is 35.4 Å². The van der Waals surface area contributed by atoms with E-state index in [0.717, 1.165) is 31.7 Å². The maximum absolute atomic E-state index is 12.1. The van der Waals surface area contributed by atoms with Crippen LogP contribution in [-0.2, 0) is 16.1 Å². The van der Waals surface area contributed by atoms with Crippen LogP contribution in [0.5, 0.6) is 0 Å². The van der Waals surface area contributed by atoms with Gasteiger partial charge in [-0.05, 0) is 19.5 Å². The van der Waals surface area contributed by atoms with Crippen molar-refractivity contribution in [2.24, 2.45) is 0 Å². The van der Waals surface area contributed by atoms with Gasteiger partial charge in [-0.25, -0.2) is 0 Å². The summed E-state index contributed by atoms with van der Waals surface area (Å²) < 4.78 is 0. The molecule has 7 heteroatoms. The second-order valence-corrected chi connectivity index (χ2v) is 6.07. The molecule has 0 saturated carbocycles. The van der Waals surface area contributed by atoms with Gasteiger partial charge in [0.25, 0.3) is 0 Å². The van der Waals surface area contributed by atoms with Crippen molar-refractivity contribution in [3.63, 3.8) is 0 Å². The Hall–Kier alpha value is -1.63. The number of likely N-dealkylation sites (N-methyl/N-ethyl adjacent to an activating group) is 1. The van der Waals surface area contributed by atoms with E-state index < -0.39 is 0 Å². The predicted octanol–water partition coefficient (Wildman–Crippen LogP) is 0.397. The predicted molar refractivity (Wildman–Crippen MR) is 97.2 cm³/mol. The van der Waals surface area contributed by atoms with Crippen LogP contribution in [-0.4, -0.2) is 67.9 Å². The van der Waals surface area contributed by atoms with Crippen LogP contribution >= 0.6 is 12.4 Å². The lowest BCUT2D eigenvalue weighted by Gasteiger charge is -2.29. The maximum Gasteiger partial charge on any atom is 0.236 e. The average molecular weight is 355 g/mol. The Morgan fingerprint density at radius 2 is 1.79 bits per heavy atom. The van der Waals surface area contributed by atoms with E-state index in [-0.39, 0.29) is 37.3 Å². The van der Waals surface area contributed by atoms with Crippen LogP contribution in [0.25, 0.3) is 0 Å². The first kappa shape index (κ1) is 20.4. The Morgan fingerprint density at radius 1 is 1.17 bits per heavy atom. The number of piperazine rings is 1. The van der Waals surface area contributed by atoms with Gasteiger partial charge < -0.3 is 15.5 Å². The quantitative estimate of drug-likeness (QED) is 0.776. The van der Waals surface area contributed by atoms with Crippen molar-refractivity contribution in [3.8, 4) is 0 Å². The number of hydrogen-bond acceptors (Lipinski definition) is 4. The van der Waals surface area contributed by atoms with Crippen LogP contribution < -0.4 is 10.6 Å². The minimum atomic E-state index is -0.0683. The molecule has 0 aromatic heterocycles. The van der Waals surface area contributed by atoms with E-state index in [1.807, 2.05) is 36.1 Å². The third kappa shape index (κ3) is 6.86. The molecule has 0 unspecified atom stereocenters. The van der Waals surface area contributed by atoms with E-state index in [9.17, 15) is 9.59 Å². The number of halogens is 1. The molecule has 0 bridgehead atoms. The molecular weight excluding hydrogens is 328 g/mol. The third-order valence-electron chi connectivity index (χ3n) is 3.90. The fraction of sp³-hybridized carbons (Fsp3) is 0.529. The fourth-order valence-corrected chi connectivity index (χ4v) is 2.51. The standard InChI is InChI=1S/C17H26N4O2.ClH/c1-14-3-5-15(6-4-14)11-19-16(22)12-20(2)13-17(23)21-9-7-18-8-10-21;/h3-6,18H,7-13H2,1-2H3,(H,19,22);1H. The highest BCUT2D eigenvalue weighted by Gasteiger charge is 2.18. The van der Waals surface area contributed by atoms with E-state index in [2.05, 4.69) is 10.6 Å². The normalized spacial score (nSPS) is 14.2. The lowest BCUT2D eigenvalue weighted by atomic mass is 10.1. The minimum Gasteiger partial charge on any atom is -0.351 e. The Kier molecular flexibility index (Phi) is 8.74. The van der Waals surface area contributed by atoms with Gasteiger partial charge in [-0.3, -0.25) is 14.5 Å². The topological polar surface area (TPSA) is 64.7 Å². The lowest BCUT2D eigenvalue weighted by Crippen LogP contribution is -2.50. The molecule has 6 nitrogen and oxygen atoms in total. The average Bonchev–Trinajstić information content (AvgIpc) is 2.55. The molecule has 2 amide bonds. The number of carbonyl (C=O) groups excluding carboxylic acids is 2. The number of hydrogen-bond donors (Lipinski definition) is 2. The third-order valence-corrected chi connectivity index (χ3v) is 3.90. The first-order valence-corrected chi connectivity index (χ1v) is 8.04. The number of benzene rings is 1. The fourth-order valence-electron chi connectivity index (χ4n) is 2.51. The number of aryl methyl sites for hydroxylation is 1. The Balaban J connectivity index is 0.00000288. The first-order valence-electron chi connectivity index (χ1n) is 8.04. The molecule has 0 spiro atoms. The zero-order valence-corrected chi connectivity index (χ0v) is 15.2. The van der Waals surface area contributed by atoms with Crippen molar-refractivity contribution in [2.45, 2.75) is 13.5 Å². The van der Waals surface area contributed by atoms with Crippen LogP contribution in [0.15, 0.2) is 24.3 Å². The molecule has 1 aliphatic rings. The minimum absolute atomic E-state index is 0. The van der Waals surface area contributed by atoms with E-state index in [0.29, 0.717) is 6.54 Å². The molecule has 1 heterocycles. The SMILES string of the molecule is Cc1ccc(CNC(=O)CN(C)CC(=O)N2CCNCC2)cc1.Cl. The molecule has 1 aliphatic heterocycles. The van der Waals surface area contributed by atoms with Gasteiger partial charge in [-0.1, -0.05) is 29.8 Å². The van der Waals surface area contributed by atoms with Crippen molar-refractivity contribution in [1.29, 1.82) is 0 Å². The van der Waals surface area contributed by atoms with Gasteiger partial charge in [0.05, 0.1) is 13.1 Å². The second kappa shape index (κ2) is 10.3. The Morgan fingerprint density at radius 3 is 2.42 bits per heavy atom. The number of carbonyl (C=O) groups is 2. The molecule has 2 N–H and O–H groups in total. The van der Waals surface area contributed by atoms with Crippen molar-refractivity contribution < 1.29 is 9.59 Å². The van der Waals surface area contributed by atoms with E-state index in [4.69, 9.17) is 0 Å². The smallest absolute Gasteiger partial charge is 0.236 e. The summed E-state index contributed by atoms with van der Waals surface area (Å²) in [5.41, 5.74) is 2.27. The largest absolute Gasteiger partial charge is 0.351 e. The zero-order chi connectivity index (χ0) is 16.7. The summed E-state index contributed by atoms with van der Waals surface area (Å²) in [6, 6.07) is 8.07. The highest BCUT2D eigenvalue weighted by Crippen LogP contribution is 2.02. The maximum atomic E-state index is 12.1. The molecule has 24 heavy (non-hydrogen) atoms. The summed E-state index contributed by atoms with van der Waals surface area (Å²) >= 11 is 0. The van der Waals surface area contributed by atoms with Gasteiger partial charge in [0.15, 0.2) is 0 Å². The molecular formula is C17H27ClN4O2. The van der Waals surface area contributed by atoms with Crippen LogP contribution in [0.1, 0.15) is 11.1 Å². The monoisotopic (exact) mass is 354 g/mol. The highest BCUT2D eigenvalue weighted by molar-refractivity contribution is 5.85. The van der Waals surface area contributed by atoms with Crippen LogP contribution in [0, 0.1) is 6.92 Å². The Labute approximate surface area is 150 Å². The summed E-state index contributed by atoms with van der Waals surface area (Å²) in [6.07, 6.45) is 0. The van der Waals surface area contributed by atoms with E-state index in [1.54, 1.807) is 11.9 Å². The first-order chi connectivity index (χ1) is 11.0. The summed E-state index contributed by atoms with van der Waals surface area (Å²) in [6.45, 7) is 6.21. The van der Waals surface area contributed by atoms with Crippen molar-refractivity contribution in [2.75, 3.05) is 46.3 Å². The Bertz CT molecular complexity index is 530. The van der Waals surface area contributed by atoms with Crippen molar-refractivity contribution >= 4 is 24.2 Å². The van der Waals surface area contributed by atoms with Gasteiger partial charge in [-0.2, -0.15) is 0 Å². The summed E-state index contributed by atoms with van der Waals surface area (Å²) in [4.78, 5) is 27.7. The molecule has 134 valence electrons. The van der Waals surface area contributed by atoms with Gasteiger partial charge in [0.1, 0.15) is 0 Å². The molecule has 1 fully saturated rings. The number of nitrogens with one attached hydrogen (secondary N) is 2. The van der Waals surface area contributed by atoms with Gasteiger partial charge in [0, 0.05) is 32.7 Å². The van der Waals surface area contributed by atoms with E-state index in [1.165, 1.54) is 5.56 Å². The zero-order valence-electron chi connectivity index (χ0n) is 14.4. The summed E-state index contributed by atoms with van der Waals surface area (Å²) in [5.74, 6) is 0.0153. The van der Waals surface area contributed by atoms with Crippen LogP contribution in [0.4, 0.5) is 0 Å². The number of amides is 2. The lowest BCUT2D eigenvalue weighted by molar-refractivity contribution is -0.133. The summed E-state index contributed by atoms with van der Waals surface area (Å²) in [5, 5.41) is 6.11.